The number of aromatic nitrogens is 2. The molecule has 5 nitrogen and oxygen atoms in total. The molecular weight excluding hydrogens is 216 g/mol. The van der Waals surface area contributed by atoms with E-state index in [1.165, 1.54) is 6.20 Å². The molecule has 0 aliphatic carbocycles. The number of anilines is 1. The van der Waals surface area contributed by atoms with Crippen LogP contribution in [0, 0.1) is 5.41 Å². The van der Waals surface area contributed by atoms with Gasteiger partial charge in [-0.15, -0.1) is 0 Å². The van der Waals surface area contributed by atoms with Crippen LogP contribution in [0.15, 0.2) is 6.20 Å². The molecule has 1 amide bonds. The molecule has 0 aliphatic heterocycles. The van der Waals surface area contributed by atoms with Gasteiger partial charge >= 0.3 is 0 Å². The highest BCUT2D eigenvalue weighted by Gasteiger charge is 2.23. The van der Waals surface area contributed by atoms with Crippen LogP contribution in [0.1, 0.15) is 38.2 Å². The molecule has 0 bridgehead atoms. The summed E-state index contributed by atoms with van der Waals surface area (Å²) in [6.45, 7) is 9.54. The van der Waals surface area contributed by atoms with E-state index in [9.17, 15) is 4.79 Å². The molecule has 0 radical (unpaired) electrons. The van der Waals surface area contributed by atoms with Crippen LogP contribution in [0.3, 0.4) is 0 Å². The highest BCUT2D eigenvalue weighted by Crippen LogP contribution is 2.18. The van der Waals surface area contributed by atoms with Gasteiger partial charge in [0.15, 0.2) is 0 Å². The summed E-state index contributed by atoms with van der Waals surface area (Å²) in [4.78, 5) is 14.0. The number of hydrogen-bond acceptors (Lipinski definition) is 3. The Hall–Kier alpha value is -1.52. The zero-order chi connectivity index (χ0) is 13.2. The molecular formula is C12H22N4O. The minimum absolute atomic E-state index is 0.0657. The van der Waals surface area contributed by atoms with Crippen LogP contribution in [0.2, 0.25) is 0 Å². The Kier molecular flexibility index (Phi) is 3.80. The Balaban J connectivity index is 2.92. The second-order valence-corrected chi connectivity index (χ2v) is 5.49. The van der Waals surface area contributed by atoms with Crippen molar-refractivity contribution in [2.45, 2.75) is 34.2 Å². The molecule has 2 N–H and O–H groups in total. The third kappa shape index (κ3) is 3.22. The van der Waals surface area contributed by atoms with Gasteiger partial charge in [-0.3, -0.25) is 9.48 Å². The topological polar surface area (TPSA) is 64.2 Å². The molecule has 0 atom stereocenters. The van der Waals surface area contributed by atoms with Gasteiger partial charge < -0.3 is 10.6 Å². The highest BCUT2D eigenvalue weighted by molar-refractivity contribution is 5.97. The first-order valence-corrected chi connectivity index (χ1v) is 5.83. The number of nitrogens with zero attached hydrogens (tertiary/aromatic N) is 3. The molecule has 0 unspecified atom stereocenters. The summed E-state index contributed by atoms with van der Waals surface area (Å²) in [6.07, 6.45) is 1.53. The third-order valence-corrected chi connectivity index (χ3v) is 2.43. The Bertz CT molecular complexity index is 403. The molecule has 0 fully saturated rings. The van der Waals surface area contributed by atoms with Crippen LogP contribution in [0.4, 0.5) is 5.69 Å². The SMILES string of the molecule is CCn1ncc(N)c1C(=O)N(C)CC(C)(C)C. The minimum atomic E-state index is -0.0724. The molecule has 1 heterocycles. The maximum atomic E-state index is 12.3. The van der Waals surface area contributed by atoms with Crippen LogP contribution < -0.4 is 5.73 Å². The molecule has 0 saturated heterocycles. The van der Waals surface area contributed by atoms with E-state index >= 15 is 0 Å². The number of carbonyl (C=O) groups excluding carboxylic acids is 1. The van der Waals surface area contributed by atoms with E-state index in [4.69, 9.17) is 5.73 Å². The maximum Gasteiger partial charge on any atom is 0.274 e. The summed E-state index contributed by atoms with van der Waals surface area (Å²) in [5.74, 6) is -0.0724. The first-order chi connectivity index (χ1) is 7.76. The summed E-state index contributed by atoms with van der Waals surface area (Å²) in [5, 5.41) is 4.08. The standard InChI is InChI=1S/C12H22N4O/c1-6-16-10(9(13)7-14-16)11(17)15(5)8-12(2,3)4/h7H,6,8,13H2,1-5H3. The lowest BCUT2D eigenvalue weighted by Crippen LogP contribution is -2.36. The number of aryl methyl sites for hydroxylation is 1. The smallest absolute Gasteiger partial charge is 0.274 e. The zero-order valence-electron chi connectivity index (χ0n) is 11.3. The number of hydrogen-bond donors (Lipinski definition) is 1. The van der Waals surface area contributed by atoms with E-state index in [0.717, 1.165) is 0 Å². The average molecular weight is 238 g/mol. The van der Waals surface area contributed by atoms with Gasteiger partial charge in [-0.1, -0.05) is 20.8 Å². The van der Waals surface area contributed by atoms with E-state index in [2.05, 4.69) is 25.9 Å². The van der Waals surface area contributed by atoms with Crippen LogP contribution in [-0.2, 0) is 6.54 Å². The zero-order valence-corrected chi connectivity index (χ0v) is 11.3. The maximum absolute atomic E-state index is 12.3. The van der Waals surface area contributed by atoms with Gasteiger partial charge in [-0.25, -0.2) is 0 Å². The van der Waals surface area contributed by atoms with Gasteiger partial charge in [0.2, 0.25) is 0 Å². The summed E-state index contributed by atoms with van der Waals surface area (Å²) in [6, 6.07) is 0. The summed E-state index contributed by atoms with van der Waals surface area (Å²) >= 11 is 0. The van der Waals surface area contributed by atoms with Gasteiger partial charge in [0.25, 0.3) is 5.91 Å². The van der Waals surface area contributed by atoms with E-state index in [1.54, 1.807) is 16.6 Å². The van der Waals surface area contributed by atoms with Crippen molar-refractivity contribution < 1.29 is 4.79 Å². The summed E-state index contributed by atoms with van der Waals surface area (Å²) in [7, 11) is 1.79. The number of rotatable bonds is 3. The molecule has 1 aromatic rings. The van der Waals surface area contributed by atoms with Gasteiger partial charge in [-0.05, 0) is 12.3 Å². The van der Waals surface area contributed by atoms with Crippen molar-refractivity contribution in [1.29, 1.82) is 0 Å². The van der Waals surface area contributed by atoms with Gasteiger partial charge in [0.1, 0.15) is 5.69 Å². The number of carbonyl (C=O) groups is 1. The molecule has 0 aliphatic rings. The van der Waals surface area contributed by atoms with Crippen molar-refractivity contribution in [3.63, 3.8) is 0 Å². The fraction of sp³-hybridized carbons (Fsp3) is 0.667. The minimum Gasteiger partial charge on any atom is -0.396 e. The lowest BCUT2D eigenvalue weighted by molar-refractivity contribution is 0.0734. The van der Waals surface area contributed by atoms with E-state index < -0.39 is 0 Å². The second-order valence-electron chi connectivity index (χ2n) is 5.49. The molecule has 96 valence electrons. The number of nitrogen functional groups attached to an aromatic ring is 1. The lowest BCUT2D eigenvalue weighted by atomic mass is 9.96. The van der Waals surface area contributed by atoms with Crippen LogP contribution in [-0.4, -0.2) is 34.2 Å². The summed E-state index contributed by atoms with van der Waals surface area (Å²) in [5.41, 5.74) is 6.78. The molecule has 1 rings (SSSR count). The predicted molar refractivity (Wildman–Crippen MR) is 68.7 cm³/mol. The Morgan fingerprint density at radius 3 is 2.59 bits per heavy atom. The normalized spacial score (nSPS) is 11.6. The van der Waals surface area contributed by atoms with Crippen molar-refractivity contribution in [2.24, 2.45) is 5.41 Å². The fourth-order valence-corrected chi connectivity index (χ4v) is 1.84. The Morgan fingerprint density at radius 2 is 2.12 bits per heavy atom. The average Bonchev–Trinajstić information content (AvgIpc) is 2.55. The molecule has 0 spiro atoms. The fourth-order valence-electron chi connectivity index (χ4n) is 1.84. The monoisotopic (exact) mass is 238 g/mol. The van der Waals surface area contributed by atoms with Crippen molar-refractivity contribution in [2.75, 3.05) is 19.3 Å². The van der Waals surface area contributed by atoms with Crippen LogP contribution in [0.25, 0.3) is 0 Å². The third-order valence-electron chi connectivity index (χ3n) is 2.43. The Morgan fingerprint density at radius 1 is 1.53 bits per heavy atom. The highest BCUT2D eigenvalue weighted by atomic mass is 16.2. The quantitative estimate of drug-likeness (QED) is 0.870. The van der Waals surface area contributed by atoms with Crippen molar-refractivity contribution in [1.82, 2.24) is 14.7 Å². The first kappa shape index (κ1) is 13.5. The van der Waals surface area contributed by atoms with Crippen LogP contribution >= 0.6 is 0 Å². The van der Waals surface area contributed by atoms with E-state index in [-0.39, 0.29) is 11.3 Å². The molecule has 1 aromatic heterocycles. The molecule has 17 heavy (non-hydrogen) atoms. The predicted octanol–water partition coefficient (Wildman–Crippen LogP) is 1.60. The Labute approximate surface area is 103 Å². The van der Waals surface area contributed by atoms with Gasteiger partial charge in [0.05, 0.1) is 11.9 Å². The van der Waals surface area contributed by atoms with Gasteiger partial charge in [0, 0.05) is 20.1 Å². The number of nitrogens with two attached hydrogens (primary N) is 1. The lowest BCUT2D eigenvalue weighted by Gasteiger charge is -2.26. The van der Waals surface area contributed by atoms with Crippen molar-refractivity contribution in [3.05, 3.63) is 11.9 Å². The van der Waals surface area contributed by atoms with Crippen molar-refractivity contribution in [3.8, 4) is 0 Å². The largest absolute Gasteiger partial charge is 0.396 e. The van der Waals surface area contributed by atoms with E-state index in [1.807, 2.05) is 6.92 Å². The molecule has 0 aromatic carbocycles. The van der Waals surface area contributed by atoms with Crippen molar-refractivity contribution >= 4 is 11.6 Å². The van der Waals surface area contributed by atoms with Crippen LogP contribution in [0.5, 0.6) is 0 Å². The molecule has 0 saturated carbocycles. The number of amides is 1. The molecule has 5 heteroatoms. The second kappa shape index (κ2) is 4.77. The summed E-state index contributed by atoms with van der Waals surface area (Å²) < 4.78 is 1.64. The van der Waals surface area contributed by atoms with E-state index in [0.29, 0.717) is 24.5 Å². The van der Waals surface area contributed by atoms with Gasteiger partial charge in [-0.2, -0.15) is 5.10 Å². The first-order valence-electron chi connectivity index (χ1n) is 5.83.